The van der Waals surface area contributed by atoms with Crippen LogP contribution in [0.2, 0.25) is 0 Å². The fraction of sp³-hybridized carbons (Fsp3) is 0.867. The van der Waals surface area contributed by atoms with Gasteiger partial charge < -0.3 is 20.3 Å². The lowest BCUT2D eigenvalue weighted by Gasteiger charge is -2.36. The molecule has 1 aliphatic rings. The maximum absolute atomic E-state index is 12.3. The van der Waals surface area contributed by atoms with Gasteiger partial charge in [-0.25, -0.2) is 4.79 Å². The Morgan fingerprint density at radius 2 is 1.71 bits per heavy atom. The third-order valence-electron chi connectivity index (χ3n) is 4.12. The standard InChI is InChI=1S/C15H29N3O3/c1-4-6-11-21-15(20)18-9-7-17(8-10-18)14(19)13(16)12(3)5-2/h12-13H,4-11,16H2,1-3H3/t12-,13+/m1/s1. The Hall–Kier alpha value is -1.30. The number of nitrogens with two attached hydrogens (primary N) is 1. The summed E-state index contributed by atoms with van der Waals surface area (Å²) >= 11 is 0. The van der Waals surface area contributed by atoms with Crippen LogP contribution in [0.15, 0.2) is 0 Å². The zero-order chi connectivity index (χ0) is 15.8. The van der Waals surface area contributed by atoms with Gasteiger partial charge in [-0.3, -0.25) is 4.79 Å². The minimum absolute atomic E-state index is 0.0108. The minimum atomic E-state index is -0.446. The number of carbonyl (C=O) groups excluding carboxylic acids is 2. The average molecular weight is 299 g/mol. The molecule has 1 rings (SSSR count). The van der Waals surface area contributed by atoms with E-state index in [1.165, 1.54) is 0 Å². The van der Waals surface area contributed by atoms with Crippen LogP contribution < -0.4 is 5.73 Å². The first-order valence-corrected chi connectivity index (χ1v) is 7.97. The first-order chi connectivity index (χ1) is 10.0. The molecular weight excluding hydrogens is 270 g/mol. The van der Waals surface area contributed by atoms with Crippen LogP contribution in [0, 0.1) is 5.92 Å². The monoisotopic (exact) mass is 299 g/mol. The predicted molar refractivity (Wildman–Crippen MR) is 81.8 cm³/mol. The number of hydrogen-bond acceptors (Lipinski definition) is 4. The number of nitrogens with zero attached hydrogens (tertiary/aromatic N) is 2. The number of ether oxygens (including phenoxy) is 1. The maximum Gasteiger partial charge on any atom is 0.409 e. The van der Waals surface area contributed by atoms with Crippen LogP contribution in [0.3, 0.4) is 0 Å². The summed E-state index contributed by atoms with van der Waals surface area (Å²) in [5.41, 5.74) is 5.98. The lowest BCUT2D eigenvalue weighted by atomic mass is 9.98. The van der Waals surface area contributed by atoms with Crippen molar-refractivity contribution in [2.24, 2.45) is 11.7 Å². The van der Waals surface area contributed by atoms with E-state index >= 15 is 0 Å². The summed E-state index contributed by atoms with van der Waals surface area (Å²) in [7, 11) is 0. The molecule has 6 heteroatoms. The van der Waals surface area contributed by atoms with E-state index in [-0.39, 0.29) is 17.9 Å². The number of rotatable bonds is 6. The molecule has 0 radical (unpaired) electrons. The Balaban J connectivity index is 2.37. The highest BCUT2D eigenvalue weighted by molar-refractivity contribution is 5.82. The van der Waals surface area contributed by atoms with Gasteiger partial charge in [0.25, 0.3) is 0 Å². The zero-order valence-corrected chi connectivity index (χ0v) is 13.5. The van der Waals surface area contributed by atoms with E-state index in [2.05, 4.69) is 6.92 Å². The lowest BCUT2D eigenvalue weighted by molar-refractivity contribution is -0.135. The molecule has 0 bridgehead atoms. The maximum atomic E-state index is 12.3. The van der Waals surface area contributed by atoms with Crippen LogP contribution in [0.4, 0.5) is 4.79 Å². The van der Waals surface area contributed by atoms with Gasteiger partial charge in [0.15, 0.2) is 0 Å². The van der Waals surface area contributed by atoms with E-state index < -0.39 is 6.04 Å². The quantitative estimate of drug-likeness (QED) is 0.753. The molecule has 1 heterocycles. The van der Waals surface area contributed by atoms with Crippen LogP contribution in [0.1, 0.15) is 40.0 Å². The normalized spacial score (nSPS) is 18.3. The summed E-state index contributed by atoms with van der Waals surface area (Å²) in [4.78, 5) is 27.5. The molecule has 0 aromatic heterocycles. The molecule has 2 N–H and O–H groups in total. The molecule has 122 valence electrons. The van der Waals surface area contributed by atoms with Gasteiger partial charge in [-0.05, 0) is 12.3 Å². The van der Waals surface area contributed by atoms with E-state index in [0.29, 0.717) is 32.8 Å². The summed E-state index contributed by atoms with van der Waals surface area (Å²) in [5.74, 6) is 0.165. The Bertz CT molecular complexity index is 341. The van der Waals surface area contributed by atoms with Crippen molar-refractivity contribution in [3.63, 3.8) is 0 Å². The minimum Gasteiger partial charge on any atom is -0.449 e. The van der Waals surface area contributed by atoms with E-state index in [4.69, 9.17) is 10.5 Å². The summed E-state index contributed by atoms with van der Waals surface area (Å²) in [6, 6.07) is -0.446. The second kappa shape index (κ2) is 8.87. The molecule has 2 atom stereocenters. The van der Waals surface area contributed by atoms with Crippen molar-refractivity contribution in [3.8, 4) is 0 Å². The van der Waals surface area contributed by atoms with Crippen molar-refractivity contribution >= 4 is 12.0 Å². The second-order valence-electron chi connectivity index (χ2n) is 5.69. The molecule has 0 unspecified atom stereocenters. The zero-order valence-electron chi connectivity index (χ0n) is 13.5. The van der Waals surface area contributed by atoms with Gasteiger partial charge in [0.2, 0.25) is 5.91 Å². The van der Waals surface area contributed by atoms with Crippen molar-refractivity contribution in [1.82, 2.24) is 9.80 Å². The van der Waals surface area contributed by atoms with Crippen molar-refractivity contribution in [1.29, 1.82) is 0 Å². The molecule has 21 heavy (non-hydrogen) atoms. The molecule has 1 saturated heterocycles. The molecule has 0 aromatic carbocycles. The fourth-order valence-corrected chi connectivity index (χ4v) is 2.21. The first kappa shape index (κ1) is 17.8. The van der Waals surface area contributed by atoms with Gasteiger partial charge in [0.1, 0.15) is 0 Å². The van der Waals surface area contributed by atoms with Gasteiger partial charge >= 0.3 is 6.09 Å². The Kier molecular flexibility index (Phi) is 7.50. The SMILES string of the molecule is CCCCOC(=O)N1CCN(C(=O)[C@@H](N)[C@H](C)CC)CC1. The number of hydrogen-bond donors (Lipinski definition) is 1. The Labute approximate surface area is 127 Å². The number of carbonyl (C=O) groups is 2. The third-order valence-corrected chi connectivity index (χ3v) is 4.12. The van der Waals surface area contributed by atoms with Crippen molar-refractivity contribution in [3.05, 3.63) is 0 Å². The van der Waals surface area contributed by atoms with Crippen molar-refractivity contribution in [2.75, 3.05) is 32.8 Å². The molecule has 2 amide bonds. The largest absolute Gasteiger partial charge is 0.449 e. The fourth-order valence-electron chi connectivity index (χ4n) is 2.21. The van der Waals surface area contributed by atoms with Crippen LogP contribution in [-0.2, 0) is 9.53 Å². The van der Waals surface area contributed by atoms with Gasteiger partial charge in [-0.15, -0.1) is 0 Å². The highest BCUT2D eigenvalue weighted by atomic mass is 16.6. The van der Waals surface area contributed by atoms with Gasteiger partial charge in [-0.1, -0.05) is 33.6 Å². The van der Waals surface area contributed by atoms with Gasteiger partial charge in [-0.2, -0.15) is 0 Å². The Morgan fingerprint density at radius 1 is 1.14 bits per heavy atom. The topological polar surface area (TPSA) is 75.9 Å². The van der Waals surface area contributed by atoms with Crippen LogP contribution in [0.25, 0.3) is 0 Å². The smallest absolute Gasteiger partial charge is 0.409 e. The highest BCUT2D eigenvalue weighted by Crippen LogP contribution is 2.11. The second-order valence-corrected chi connectivity index (χ2v) is 5.69. The summed E-state index contributed by atoms with van der Waals surface area (Å²) in [5, 5.41) is 0. The van der Waals surface area contributed by atoms with E-state index in [9.17, 15) is 9.59 Å². The highest BCUT2D eigenvalue weighted by Gasteiger charge is 2.29. The van der Waals surface area contributed by atoms with Crippen LogP contribution in [-0.4, -0.2) is 60.6 Å². The Morgan fingerprint density at radius 3 is 2.24 bits per heavy atom. The van der Waals surface area contributed by atoms with E-state index in [1.54, 1.807) is 9.80 Å². The van der Waals surface area contributed by atoms with Crippen LogP contribution >= 0.6 is 0 Å². The molecular formula is C15H29N3O3. The summed E-state index contributed by atoms with van der Waals surface area (Å²) in [6.45, 7) is 8.64. The molecule has 0 saturated carbocycles. The van der Waals surface area contributed by atoms with Crippen molar-refractivity contribution in [2.45, 2.75) is 46.1 Å². The van der Waals surface area contributed by atoms with E-state index in [1.807, 2.05) is 13.8 Å². The van der Waals surface area contributed by atoms with E-state index in [0.717, 1.165) is 19.3 Å². The summed E-state index contributed by atoms with van der Waals surface area (Å²) in [6.07, 6.45) is 2.50. The number of amides is 2. The lowest BCUT2D eigenvalue weighted by Crippen LogP contribution is -2.55. The molecule has 6 nitrogen and oxygen atoms in total. The average Bonchev–Trinajstić information content (AvgIpc) is 2.52. The third kappa shape index (κ3) is 5.19. The summed E-state index contributed by atoms with van der Waals surface area (Å²) < 4.78 is 5.18. The van der Waals surface area contributed by atoms with Gasteiger partial charge in [0.05, 0.1) is 12.6 Å². The van der Waals surface area contributed by atoms with Crippen molar-refractivity contribution < 1.29 is 14.3 Å². The number of unbranched alkanes of at least 4 members (excludes halogenated alkanes) is 1. The van der Waals surface area contributed by atoms with Gasteiger partial charge in [0, 0.05) is 26.2 Å². The molecule has 1 aliphatic heterocycles. The molecule has 0 spiro atoms. The number of piperazine rings is 1. The molecule has 1 fully saturated rings. The predicted octanol–water partition coefficient (Wildman–Crippen LogP) is 1.44. The molecule has 0 aromatic rings. The van der Waals surface area contributed by atoms with Crippen LogP contribution in [0.5, 0.6) is 0 Å². The molecule has 0 aliphatic carbocycles. The first-order valence-electron chi connectivity index (χ1n) is 7.97.